The molecule has 0 radical (unpaired) electrons. The van der Waals surface area contributed by atoms with Crippen LogP contribution < -0.4 is 10.5 Å². The summed E-state index contributed by atoms with van der Waals surface area (Å²) in [5.74, 6) is 0.939. The van der Waals surface area contributed by atoms with Crippen molar-refractivity contribution in [2.24, 2.45) is 5.73 Å². The Morgan fingerprint density at radius 1 is 0.950 bits per heavy atom. The summed E-state index contributed by atoms with van der Waals surface area (Å²) >= 11 is 1.77. The van der Waals surface area contributed by atoms with E-state index in [-0.39, 0.29) is 0 Å². The van der Waals surface area contributed by atoms with Gasteiger partial charge in [0.2, 0.25) is 0 Å². The molecule has 0 aliphatic heterocycles. The van der Waals surface area contributed by atoms with Gasteiger partial charge >= 0.3 is 0 Å². The van der Waals surface area contributed by atoms with Crippen LogP contribution in [-0.2, 0) is 13.0 Å². The highest BCUT2D eigenvalue weighted by Gasteiger charge is 2.05. The van der Waals surface area contributed by atoms with Crippen LogP contribution in [0.2, 0.25) is 0 Å². The Morgan fingerprint density at radius 3 is 2.55 bits per heavy atom. The molecule has 0 unspecified atom stereocenters. The van der Waals surface area contributed by atoms with E-state index in [1.807, 2.05) is 18.2 Å². The number of fused-ring (bicyclic) bond motifs is 1. The molecule has 3 heteroatoms. The first-order chi connectivity index (χ1) is 9.88. The van der Waals surface area contributed by atoms with Gasteiger partial charge in [0.15, 0.2) is 0 Å². The van der Waals surface area contributed by atoms with E-state index in [4.69, 9.17) is 10.5 Å². The number of hydrogen-bond donors (Lipinski definition) is 1. The van der Waals surface area contributed by atoms with Crippen LogP contribution in [0.15, 0.2) is 53.9 Å². The molecule has 0 bridgehead atoms. The first-order valence-corrected chi connectivity index (χ1v) is 7.62. The largest absolute Gasteiger partial charge is 0.493 e. The summed E-state index contributed by atoms with van der Waals surface area (Å²) in [4.78, 5) is 1.35. The summed E-state index contributed by atoms with van der Waals surface area (Å²) in [5.41, 5.74) is 6.95. The van der Waals surface area contributed by atoms with Crippen molar-refractivity contribution in [3.8, 4) is 5.75 Å². The smallest absolute Gasteiger partial charge is 0.127 e. The minimum absolute atomic E-state index is 0.552. The molecule has 2 N–H and O–H groups in total. The number of benzene rings is 2. The third kappa shape index (κ3) is 2.69. The third-order valence-corrected chi connectivity index (χ3v) is 4.32. The van der Waals surface area contributed by atoms with Crippen molar-refractivity contribution >= 4 is 22.1 Å². The minimum atomic E-state index is 0.552. The summed E-state index contributed by atoms with van der Waals surface area (Å²) in [7, 11) is 0. The van der Waals surface area contributed by atoms with E-state index >= 15 is 0 Å². The van der Waals surface area contributed by atoms with Gasteiger partial charge in [-0.3, -0.25) is 0 Å². The first kappa shape index (κ1) is 13.2. The zero-order chi connectivity index (χ0) is 13.8. The van der Waals surface area contributed by atoms with E-state index in [1.165, 1.54) is 10.3 Å². The van der Waals surface area contributed by atoms with Gasteiger partial charge in [0.25, 0.3) is 0 Å². The lowest BCUT2D eigenvalue weighted by Crippen LogP contribution is -2.02. The number of hydrogen-bond acceptors (Lipinski definition) is 3. The highest BCUT2D eigenvalue weighted by molar-refractivity contribution is 7.09. The van der Waals surface area contributed by atoms with Crippen LogP contribution in [0.4, 0.5) is 0 Å². The molecule has 20 heavy (non-hydrogen) atoms. The maximum Gasteiger partial charge on any atom is 0.127 e. The van der Waals surface area contributed by atoms with E-state index in [0.717, 1.165) is 23.1 Å². The summed E-state index contributed by atoms with van der Waals surface area (Å²) in [6, 6.07) is 16.6. The Kier molecular flexibility index (Phi) is 4.00. The van der Waals surface area contributed by atoms with Gasteiger partial charge in [-0.25, -0.2) is 0 Å². The molecule has 0 aliphatic carbocycles. The van der Waals surface area contributed by atoms with Crippen LogP contribution in [0.3, 0.4) is 0 Å². The van der Waals surface area contributed by atoms with Crippen molar-refractivity contribution in [1.29, 1.82) is 0 Å². The van der Waals surface area contributed by atoms with Crippen molar-refractivity contribution in [2.45, 2.75) is 13.0 Å². The van der Waals surface area contributed by atoms with Crippen LogP contribution >= 0.6 is 11.3 Å². The second kappa shape index (κ2) is 6.07. The topological polar surface area (TPSA) is 35.2 Å². The summed E-state index contributed by atoms with van der Waals surface area (Å²) in [6.07, 6.45) is 0.949. The zero-order valence-electron chi connectivity index (χ0n) is 11.2. The predicted molar refractivity (Wildman–Crippen MR) is 85.4 cm³/mol. The SMILES string of the molecule is NCc1ccc(OCCc2cccs2)c2ccccc12. The van der Waals surface area contributed by atoms with Crippen LogP contribution in [-0.4, -0.2) is 6.61 Å². The molecule has 1 aromatic heterocycles. The first-order valence-electron chi connectivity index (χ1n) is 6.74. The molecule has 0 aliphatic rings. The van der Waals surface area contributed by atoms with Crippen molar-refractivity contribution in [1.82, 2.24) is 0 Å². The molecular weight excluding hydrogens is 266 g/mol. The molecule has 0 saturated heterocycles. The highest BCUT2D eigenvalue weighted by Crippen LogP contribution is 2.28. The molecule has 2 nitrogen and oxygen atoms in total. The zero-order valence-corrected chi connectivity index (χ0v) is 12.0. The van der Waals surface area contributed by atoms with Gasteiger partial charge in [0.1, 0.15) is 5.75 Å². The lowest BCUT2D eigenvalue weighted by Gasteiger charge is -2.11. The van der Waals surface area contributed by atoms with Crippen LogP contribution in [0, 0.1) is 0 Å². The molecule has 1 heterocycles. The van der Waals surface area contributed by atoms with E-state index < -0.39 is 0 Å². The van der Waals surface area contributed by atoms with E-state index in [0.29, 0.717) is 13.2 Å². The fraction of sp³-hybridized carbons (Fsp3) is 0.176. The number of thiophene rings is 1. The van der Waals surface area contributed by atoms with E-state index in [1.54, 1.807) is 11.3 Å². The third-order valence-electron chi connectivity index (χ3n) is 3.38. The summed E-state index contributed by atoms with van der Waals surface area (Å²) in [6.45, 7) is 1.25. The predicted octanol–water partition coefficient (Wildman–Crippen LogP) is 3.98. The fourth-order valence-electron chi connectivity index (χ4n) is 2.35. The van der Waals surface area contributed by atoms with E-state index in [9.17, 15) is 0 Å². The van der Waals surface area contributed by atoms with Crippen LogP contribution in [0.1, 0.15) is 10.4 Å². The molecular formula is C17H17NOS. The highest BCUT2D eigenvalue weighted by atomic mass is 32.1. The molecule has 0 amide bonds. The molecule has 0 spiro atoms. The second-order valence-electron chi connectivity index (χ2n) is 4.65. The van der Waals surface area contributed by atoms with Gasteiger partial charge in [0, 0.05) is 23.2 Å². The number of rotatable bonds is 5. The number of nitrogens with two attached hydrogens (primary N) is 1. The molecule has 3 rings (SSSR count). The molecule has 0 atom stereocenters. The lowest BCUT2D eigenvalue weighted by molar-refractivity contribution is 0.327. The van der Waals surface area contributed by atoms with Crippen LogP contribution in [0.25, 0.3) is 10.8 Å². The van der Waals surface area contributed by atoms with Gasteiger partial charge < -0.3 is 10.5 Å². The quantitative estimate of drug-likeness (QED) is 0.768. The van der Waals surface area contributed by atoms with Gasteiger partial charge in [-0.1, -0.05) is 36.4 Å². The normalized spacial score (nSPS) is 10.8. The fourth-order valence-corrected chi connectivity index (χ4v) is 3.04. The van der Waals surface area contributed by atoms with Gasteiger partial charge in [-0.15, -0.1) is 11.3 Å². The summed E-state index contributed by atoms with van der Waals surface area (Å²) in [5, 5.41) is 4.42. The number of ether oxygens (including phenoxy) is 1. The van der Waals surface area contributed by atoms with Crippen molar-refractivity contribution in [3.05, 3.63) is 64.4 Å². The Bertz CT molecular complexity index is 691. The molecule has 0 saturated carbocycles. The monoisotopic (exact) mass is 283 g/mol. The molecule has 2 aromatic carbocycles. The Morgan fingerprint density at radius 2 is 1.80 bits per heavy atom. The van der Waals surface area contributed by atoms with Gasteiger partial charge in [-0.2, -0.15) is 0 Å². The van der Waals surface area contributed by atoms with Gasteiger partial charge in [0.05, 0.1) is 6.61 Å². The van der Waals surface area contributed by atoms with E-state index in [2.05, 4.69) is 35.7 Å². The summed E-state index contributed by atoms with van der Waals surface area (Å²) < 4.78 is 5.96. The van der Waals surface area contributed by atoms with Crippen molar-refractivity contribution in [2.75, 3.05) is 6.61 Å². The Balaban J connectivity index is 1.81. The van der Waals surface area contributed by atoms with Crippen molar-refractivity contribution in [3.63, 3.8) is 0 Å². The maximum atomic E-state index is 5.96. The minimum Gasteiger partial charge on any atom is -0.493 e. The molecule has 102 valence electrons. The molecule has 0 fully saturated rings. The van der Waals surface area contributed by atoms with Crippen molar-refractivity contribution < 1.29 is 4.74 Å². The average Bonchev–Trinajstić information content (AvgIpc) is 3.01. The van der Waals surface area contributed by atoms with Crippen LogP contribution in [0.5, 0.6) is 5.75 Å². The van der Waals surface area contributed by atoms with Gasteiger partial charge in [-0.05, 0) is 28.5 Å². The molecule has 3 aromatic rings. The maximum absolute atomic E-state index is 5.96. The lowest BCUT2D eigenvalue weighted by atomic mass is 10.0. The second-order valence-corrected chi connectivity index (χ2v) is 5.68. The Labute approximate surface area is 122 Å². The Hall–Kier alpha value is -1.84. The average molecular weight is 283 g/mol. The standard InChI is InChI=1S/C17H17NOS/c18-12-13-7-8-17(16-6-2-1-5-15(13)16)19-10-9-14-4-3-11-20-14/h1-8,11H,9-10,12,18H2.